The number of alkyl halides is 3. The maximum atomic E-state index is 12.7. The Morgan fingerprint density at radius 3 is 2.17 bits per heavy atom. The van der Waals surface area contributed by atoms with Crippen LogP contribution in [0.4, 0.5) is 18.9 Å². The van der Waals surface area contributed by atoms with E-state index in [1.807, 2.05) is 0 Å². The fourth-order valence-electron chi connectivity index (χ4n) is 2.39. The number of carbonyl (C=O) groups excluding carboxylic acids is 1. The molecule has 0 saturated heterocycles. The van der Waals surface area contributed by atoms with Gasteiger partial charge in [-0.15, -0.1) is 13.2 Å². The van der Waals surface area contributed by atoms with Crippen molar-refractivity contribution in [3.05, 3.63) is 42.0 Å². The Morgan fingerprint density at radius 1 is 1.07 bits per heavy atom. The van der Waals surface area contributed by atoms with Crippen molar-refractivity contribution in [2.24, 2.45) is 0 Å². The number of anilines is 1. The molecule has 0 saturated carbocycles. The number of halogens is 3. The summed E-state index contributed by atoms with van der Waals surface area (Å²) in [7, 11) is -1.47. The number of pyridine rings is 1. The number of methoxy groups -OCH3 is 2. The molecule has 1 amide bonds. The number of sulfonamides is 1. The lowest BCUT2D eigenvalue weighted by molar-refractivity contribution is -0.274. The number of hydrogen-bond donors (Lipinski definition) is 0. The highest BCUT2D eigenvalue weighted by Gasteiger charge is 2.31. The van der Waals surface area contributed by atoms with Gasteiger partial charge in [-0.05, 0) is 23.8 Å². The van der Waals surface area contributed by atoms with Crippen molar-refractivity contribution in [3.8, 4) is 17.5 Å². The minimum Gasteiger partial charge on any atom is -0.481 e. The smallest absolute Gasteiger partial charge is 0.481 e. The Morgan fingerprint density at radius 2 is 1.69 bits per heavy atom. The third-order valence-electron chi connectivity index (χ3n) is 3.51. The predicted molar refractivity (Wildman–Crippen MR) is 96.5 cm³/mol. The Hall–Kier alpha value is -3.02. The number of rotatable bonds is 7. The van der Waals surface area contributed by atoms with Gasteiger partial charge < -0.3 is 14.2 Å². The molecule has 1 aromatic heterocycles. The second-order valence-corrected chi connectivity index (χ2v) is 7.50. The summed E-state index contributed by atoms with van der Waals surface area (Å²) in [6, 6.07) is 7.15. The van der Waals surface area contributed by atoms with Gasteiger partial charge in [0.2, 0.25) is 27.7 Å². The molecule has 158 valence electrons. The molecule has 0 unspecified atom stereocenters. The average molecular weight is 434 g/mol. The van der Waals surface area contributed by atoms with E-state index in [0.29, 0.717) is 4.31 Å². The number of ether oxygens (including phenoxy) is 3. The van der Waals surface area contributed by atoms with E-state index in [9.17, 15) is 26.4 Å². The van der Waals surface area contributed by atoms with E-state index in [2.05, 4.69) is 9.72 Å². The highest BCUT2D eigenvalue weighted by molar-refractivity contribution is 7.92. The Labute approximate surface area is 164 Å². The molecule has 0 bridgehead atoms. The summed E-state index contributed by atoms with van der Waals surface area (Å²) < 4.78 is 75.4. The summed E-state index contributed by atoms with van der Waals surface area (Å²) in [5.74, 6) is -1.33. The van der Waals surface area contributed by atoms with Crippen LogP contribution in [0.1, 0.15) is 5.56 Å². The molecule has 29 heavy (non-hydrogen) atoms. The van der Waals surface area contributed by atoms with Crippen molar-refractivity contribution in [2.45, 2.75) is 12.8 Å². The van der Waals surface area contributed by atoms with E-state index in [0.717, 1.165) is 18.4 Å². The monoisotopic (exact) mass is 434 g/mol. The first-order valence-corrected chi connectivity index (χ1v) is 9.76. The van der Waals surface area contributed by atoms with Crippen LogP contribution in [0.5, 0.6) is 17.5 Å². The molecule has 1 aromatic carbocycles. The van der Waals surface area contributed by atoms with Crippen LogP contribution in [0, 0.1) is 0 Å². The molecule has 12 heteroatoms. The van der Waals surface area contributed by atoms with Crippen molar-refractivity contribution < 1.29 is 40.6 Å². The zero-order chi connectivity index (χ0) is 21.8. The largest absolute Gasteiger partial charge is 0.573 e. The van der Waals surface area contributed by atoms with Gasteiger partial charge in [-0.25, -0.2) is 12.7 Å². The molecule has 0 atom stereocenters. The van der Waals surface area contributed by atoms with Crippen LogP contribution >= 0.6 is 0 Å². The summed E-state index contributed by atoms with van der Waals surface area (Å²) >= 11 is 0. The number of aromatic nitrogens is 1. The predicted octanol–water partition coefficient (Wildman–Crippen LogP) is 2.53. The molecule has 1 heterocycles. The van der Waals surface area contributed by atoms with E-state index in [-0.39, 0.29) is 23.0 Å². The van der Waals surface area contributed by atoms with Crippen molar-refractivity contribution in [1.82, 2.24) is 4.98 Å². The lowest BCUT2D eigenvalue weighted by Gasteiger charge is -2.22. The minimum atomic E-state index is -4.84. The van der Waals surface area contributed by atoms with Gasteiger partial charge in [-0.2, -0.15) is 4.98 Å². The van der Waals surface area contributed by atoms with Crippen LogP contribution in [0.25, 0.3) is 0 Å². The van der Waals surface area contributed by atoms with E-state index < -0.39 is 34.5 Å². The van der Waals surface area contributed by atoms with Gasteiger partial charge in [0, 0.05) is 6.07 Å². The van der Waals surface area contributed by atoms with Crippen LogP contribution in [0.2, 0.25) is 0 Å². The van der Waals surface area contributed by atoms with E-state index in [4.69, 9.17) is 9.47 Å². The first-order valence-electron chi connectivity index (χ1n) is 7.91. The van der Waals surface area contributed by atoms with Gasteiger partial charge >= 0.3 is 6.36 Å². The van der Waals surface area contributed by atoms with Crippen molar-refractivity contribution in [3.63, 3.8) is 0 Å². The van der Waals surface area contributed by atoms with Crippen LogP contribution in [0.15, 0.2) is 36.4 Å². The molecule has 0 spiro atoms. The number of amides is 1. The van der Waals surface area contributed by atoms with Gasteiger partial charge in [0.15, 0.2) is 0 Å². The number of nitrogens with zero attached hydrogens (tertiary/aromatic N) is 2. The zero-order valence-electron chi connectivity index (χ0n) is 15.6. The van der Waals surface area contributed by atoms with Gasteiger partial charge in [0.1, 0.15) is 11.4 Å². The van der Waals surface area contributed by atoms with Crippen LogP contribution in [-0.4, -0.2) is 46.1 Å². The molecule has 0 fully saturated rings. The maximum absolute atomic E-state index is 12.7. The minimum absolute atomic E-state index is 0.127. The third-order valence-corrected chi connectivity index (χ3v) is 4.57. The topological polar surface area (TPSA) is 95.0 Å². The van der Waals surface area contributed by atoms with Crippen molar-refractivity contribution in [2.75, 3.05) is 24.8 Å². The van der Waals surface area contributed by atoms with Crippen LogP contribution in [-0.2, 0) is 21.2 Å². The Bertz CT molecular complexity index is 978. The number of carbonyl (C=O) groups is 1. The highest BCUT2D eigenvalue weighted by Crippen LogP contribution is 2.31. The van der Waals surface area contributed by atoms with Crippen LogP contribution in [0.3, 0.4) is 0 Å². The highest BCUT2D eigenvalue weighted by atomic mass is 32.2. The molecular formula is C17H17F3N2O6S. The second kappa shape index (κ2) is 8.55. The Balaban J connectivity index is 2.32. The quantitative estimate of drug-likeness (QED) is 0.661. The van der Waals surface area contributed by atoms with Crippen molar-refractivity contribution in [1.29, 1.82) is 0 Å². The van der Waals surface area contributed by atoms with Gasteiger partial charge in [-0.3, -0.25) is 4.79 Å². The Kier molecular flexibility index (Phi) is 6.57. The summed E-state index contributed by atoms with van der Waals surface area (Å²) in [5, 5.41) is 0. The summed E-state index contributed by atoms with van der Waals surface area (Å²) in [6.07, 6.45) is -4.42. The molecule has 2 aromatic rings. The van der Waals surface area contributed by atoms with Crippen LogP contribution < -0.4 is 18.5 Å². The van der Waals surface area contributed by atoms with Gasteiger partial charge in [-0.1, -0.05) is 12.1 Å². The van der Waals surface area contributed by atoms with E-state index in [1.165, 1.54) is 38.5 Å². The average Bonchev–Trinajstić information content (AvgIpc) is 2.61. The standard InChI is InChI=1S/C17H17F3N2O6S/c1-26-14-9-8-13(16(21-14)27-2)22(29(3,24)25)15(23)10-11-4-6-12(7-5-11)28-17(18,19)20/h4-9H,10H2,1-3H3. The van der Waals surface area contributed by atoms with Gasteiger partial charge in [0.25, 0.3) is 0 Å². The normalized spacial score (nSPS) is 11.7. The summed E-state index contributed by atoms with van der Waals surface area (Å²) in [6.45, 7) is 0. The maximum Gasteiger partial charge on any atom is 0.573 e. The van der Waals surface area contributed by atoms with Gasteiger partial charge in [0.05, 0.1) is 26.9 Å². The van der Waals surface area contributed by atoms with E-state index in [1.54, 1.807) is 0 Å². The molecule has 0 N–H and O–H groups in total. The molecule has 0 aliphatic carbocycles. The fraction of sp³-hybridized carbons (Fsp3) is 0.294. The molecule has 2 rings (SSSR count). The number of benzene rings is 1. The molecule has 8 nitrogen and oxygen atoms in total. The molecule has 0 aliphatic rings. The SMILES string of the molecule is COc1ccc(N(C(=O)Cc2ccc(OC(F)(F)F)cc2)S(C)(=O)=O)c(OC)n1. The van der Waals surface area contributed by atoms with Crippen molar-refractivity contribution >= 4 is 21.6 Å². The summed E-state index contributed by atoms with van der Waals surface area (Å²) in [4.78, 5) is 16.7. The second-order valence-electron chi connectivity index (χ2n) is 5.67. The fourth-order valence-corrected chi connectivity index (χ4v) is 3.32. The zero-order valence-corrected chi connectivity index (χ0v) is 16.4. The lowest BCUT2D eigenvalue weighted by Crippen LogP contribution is -2.37. The molecule has 0 aliphatic heterocycles. The first kappa shape index (κ1) is 22.3. The first-order chi connectivity index (χ1) is 13.4. The number of hydrogen-bond acceptors (Lipinski definition) is 7. The van der Waals surface area contributed by atoms with E-state index >= 15 is 0 Å². The lowest BCUT2D eigenvalue weighted by atomic mass is 10.1. The molecule has 0 radical (unpaired) electrons. The summed E-state index contributed by atoms with van der Waals surface area (Å²) in [5.41, 5.74) is 0.149. The third kappa shape index (κ3) is 5.98. The molecular weight excluding hydrogens is 417 g/mol.